The second-order valence-corrected chi connectivity index (χ2v) is 6.30. The second kappa shape index (κ2) is 5.29. The van der Waals surface area contributed by atoms with Crippen LogP contribution in [0.5, 0.6) is 0 Å². The first-order valence-electron chi connectivity index (χ1n) is 5.85. The average molecular weight is 301 g/mol. The van der Waals surface area contributed by atoms with Crippen molar-refractivity contribution in [3.63, 3.8) is 0 Å². The van der Waals surface area contributed by atoms with Crippen LogP contribution in [0.3, 0.4) is 0 Å². The van der Waals surface area contributed by atoms with Gasteiger partial charge in [0.25, 0.3) is 0 Å². The topological polar surface area (TPSA) is 107 Å². The van der Waals surface area contributed by atoms with Gasteiger partial charge in [-0.2, -0.15) is 17.2 Å². The highest BCUT2D eigenvalue weighted by atomic mass is 32.2. The number of halogens is 2. The van der Waals surface area contributed by atoms with Crippen LogP contribution in [0, 0.1) is 0 Å². The quantitative estimate of drug-likeness (QED) is 0.594. The Bertz CT molecular complexity index is 445. The van der Waals surface area contributed by atoms with Crippen molar-refractivity contribution in [2.75, 3.05) is 0 Å². The Morgan fingerprint density at radius 1 is 1.37 bits per heavy atom. The maximum Gasteiger partial charge on any atom is 0.405 e. The number of carbonyl (C=O) groups is 1. The lowest BCUT2D eigenvalue weighted by Crippen LogP contribution is -2.53. The van der Waals surface area contributed by atoms with E-state index in [0.29, 0.717) is 32.6 Å². The molecule has 1 saturated carbocycles. The maximum absolute atomic E-state index is 13.2. The van der Waals surface area contributed by atoms with E-state index < -0.39 is 33.0 Å². The largest absolute Gasteiger partial charge is 0.454 e. The SMILES string of the molecule is CC(OC(=O)C1(N)CCCCC1)C(F)(F)S(=O)(=O)O. The molecular formula is C10H17F2NO5S. The molecule has 0 radical (unpaired) electrons. The third-order valence-electron chi connectivity index (χ3n) is 3.25. The first kappa shape index (κ1) is 16.3. The van der Waals surface area contributed by atoms with Gasteiger partial charge in [-0.05, 0) is 19.8 Å². The number of alkyl halides is 2. The Morgan fingerprint density at radius 3 is 2.26 bits per heavy atom. The highest BCUT2D eigenvalue weighted by molar-refractivity contribution is 7.86. The molecule has 9 heteroatoms. The lowest BCUT2D eigenvalue weighted by atomic mass is 9.83. The molecule has 19 heavy (non-hydrogen) atoms. The molecule has 0 aliphatic heterocycles. The van der Waals surface area contributed by atoms with Crippen LogP contribution in [0.1, 0.15) is 39.0 Å². The first-order valence-corrected chi connectivity index (χ1v) is 7.29. The Hall–Kier alpha value is -0.800. The van der Waals surface area contributed by atoms with Gasteiger partial charge in [-0.3, -0.25) is 9.35 Å². The molecule has 1 aliphatic carbocycles. The number of carbonyl (C=O) groups excluding carboxylic acids is 1. The lowest BCUT2D eigenvalue weighted by Gasteiger charge is -2.32. The van der Waals surface area contributed by atoms with Crippen LogP contribution >= 0.6 is 0 Å². The Labute approximate surface area is 110 Å². The van der Waals surface area contributed by atoms with Gasteiger partial charge in [0.05, 0.1) is 0 Å². The molecule has 1 aliphatic rings. The van der Waals surface area contributed by atoms with E-state index in [1.807, 2.05) is 0 Å². The van der Waals surface area contributed by atoms with Gasteiger partial charge in [0, 0.05) is 0 Å². The summed E-state index contributed by atoms with van der Waals surface area (Å²) in [7, 11) is -5.65. The van der Waals surface area contributed by atoms with E-state index in [1.165, 1.54) is 0 Å². The predicted octanol–water partition coefficient (Wildman–Crippen LogP) is 1.06. The summed E-state index contributed by atoms with van der Waals surface area (Å²) in [5, 5.41) is -4.56. The van der Waals surface area contributed by atoms with Gasteiger partial charge in [-0.15, -0.1) is 0 Å². The summed E-state index contributed by atoms with van der Waals surface area (Å²) in [5.41, 5.74) is 4.41. The van der Waals surface area contributed by atoms with Crippen molar-refractivity contribution < 1.29 is 31.3 Å². The van der Waals surface area contributed by atoms with Gasteiger partial charge < -0.3 is 10.5 Å². The van der Waals surface area contributed by atoms with Gasteiger partial charge in [0.15, 0.2) is 6.10 Å². The van der Waals surface area contributed by atoms with E-state index >= 15 is 0 Å². The summed E-state index contributed by atoms with van der Waals surface area (Å²) in [6.07, 6.45) is 0.538. The van der Waals surface area contributed by atoms with Crippen molar-refractivity contribution in [2.24, 2.45) is 5.73 Å². The van der Waals surface area contributed by atoms with Crippen molar-refractivity contribution in [2.45, 2.75) is 55.9 Å². The lowest BCUT2D eigenvalue weighted by molar-refractivity contribution is -0.167. The first-order chi connectivity index (χ1) is 8.51. The minimum absolute atomic E-state index is 0.302. The van der Waals surface area contributed by atoms with E-state index in [1.54, 1.807) is 0 Å². The second-order valence-electron chi connectivity index (χ2n) is 4.80. The fraction of sp³-hybridized carbons (Fsp3) is 0.900. The molecular weight excluding hydrogens is 284 g/mol. The molecule has 0 aromatic carbocycles. The predicted molar refractivity (Wildman–Crippen MR) is 62.1 cm³/mol. The average Bonchev–Trinajstić information content (AvgIpc) is 2.28. The monoisotopic (exact) mass is 301 g/mol. The van der Waals surface area contributed by atoms with Gasteiger partial charge >= 0.3 is 21.3 Å². The summed E-state index contributed by atoms with van der Waals surface area (Å²) in [6.45, 7) is 0.692. The Morgan fingerprint density at radius 2 is 1.84 bits per heavy atom. The molecule has 1 rings (SSSR count). The zero-order valence-electron chi connectivity index (χ0n) is 10.4. The van der Waals surface area contributed by atoms with Crippen molar-refractivity contribution >= 4 is 16.1 Å². The smallest absolute Gasteiger partial charge is 0.405 e. The van der Waals surface area contributed by atoms with Gasteiger partial charge in [0.1, 0.15) is 5.54 Å². The van der Waals surface area contributed by atoms with Crippen molar-refractivity contribution in [1.29, 1.82) is 0 Å². The van der Waals surface area contributed by atoms with Gasteiger partial charge in [-0.25, -0.2) is 0 Å². The summed E-state index contributed by atoms with van der Waals surface area (Å²) in [5.74, 6) is -1.07. The molecule has 6 nitrogen and oxygen atoms in total. The third-order valence-corrected chi connectivity index (χ3v) is 4.27. The molecule has 112 valence electrons. The minimum Gasteiger partial charge on any atom is -0.454 e. The number of nitrogens with two attached hydrogens (primary N) is 1. The summed E-state index contributed by atoms with van der Waals surface area (Å²) < 4.78 is 60.3. The van der Waals surface area contributed by atoms with Crippen molar-refractivity contribution in [3.05, 3.63) is 0 Å². The standard InChI is InChI=1S/C10H17F2NO5S/c1-7(10(11,12)19(15,16)17)18-8(14)9(13)5-3-2-4-6-9/h7H,2-6,13H2,1H3,(H,15,16,17). The number of ether oxygens (including phenoxy) is 1. The molecule has 0 aromatic rings. The summed E-state index contributed by atoms with van der Waals surface area (Å²) in [6, 6.07) is 0. The van der Waals surface area contributed by atoms with Crippen LogP contribution in [0.2, 0.25) is 0 Å². The van der Waals surface area contributed by atoms with Crippen LogP contribution in [0.25, 0.3) is 0 Å². The fourth-order valence-corrected chi connectivity index (χ4v) is 2.41. The molecule has 0 bridgehead atoms. The Balaban J connectivity index is 2.77. The summed E-state index contributed by atoms with van der Waals surface area (Å²) in [4.78, 5) is 11.7. The molecule has 0 saturated heterocycles. The molecule has 0 spiro atoms. The highest BCUT2D eigenvalue weighted by Gasteiger charge is 2.53. The zero-order chi connectivity index (χ0) is 14.9. The van der Waals surface area contributed by atoms with Crippen molar-refractivity contribution in [1.82, 2.24) is 0 Å². The van der Waals surface area contributed by atoms with E-state index in [4.69, 9.17) is 10.3 Å². The molecule has 0 amide bonds. The third kappa shape index (κ3) is 3.40. The Kier molecular flexibility index (Phi) is 4.53. The van der Waals surface area contributed by atoms with Crippen LogP contribution in [0.4, 0.5) is 8.78 Å². The number of rotatable bonds is 4. The number of hydrogen-bond donors (Lipinski definition) is 2. The van der Waals surface area contributed by atoms with Crippen LogP contribution in [-0.2, 0) is 19.6 Å². The molecule has 1 atom stereocenters. The van der Waals surface area contributed by atoms with Gasteiger partial charge in [-0.1, -0.05) is 19.3 Å². The van der Waals surface area contributed by atoms with Crippen LogP contribution in [-0.4, -0.2) is 35.8 Å². The van der Waals surface area contributed by atoms with Crippen LogP contribution < -0.4 is 5.73 Å². The van der Waals surface area contributed by atoms with E-state index in [9.17, 15) is 22.0 Å². The molecule has 3 N–H and O–H groups in total. The molecule has 1 unspecified atom stereocenters. The fourth-order valence-electron chi connectivity index (χ4n) is 1.94. The number of esters is 1. The number of hydrogen-bond acceptors (Lipinski definition) is 5. The van der Waals surface area contributed by atoms with Gasteiger partial charge in [0.2, 0.25) is 0 Å². The van der Waals surface area contributed by atoms with Crippen LogP contribution in [0.15, 0.2) is 0 Å². The van der Waals surface area contributed by atoms with E-state index in [2.05, 4.69) is 4.74 Å². The highest BCUT2D eigenvalue weighted by Crippen LogP contribution is 2.31. The zero-order valence-corrected chi connectivity index (χ0v) is 11.3. The molecule has 0 heterocycles. The van der Waals surface area contributed by atoms with E-state index in [-0.39, 0.29) is 0 Å². The maximum atomic E-state index is 13.2. The summed E-state index contributed by atoms with van der Waals surface area (Å²) >= 11 is 0. The molecule has 1 fully saturated rings. The molecule has 0 aromatic heterocycles. The van der Waals surface area contributed by atoms with Crippen molar-refractivity contribution in [3.8, 4) is 0 Å². The normalized spacial score (nSPS) is 21.7. The minimum atomic E-state index is -5.65. The van der Waals surface area contributed by atoms with E-state index in [0.717, 1.165) is 6.42 Å².